The van der Waals surface area contributed by atoms with Gasteiger partial charge in [-0.2, -0.15) is 0 Å². The normalized spacial score (nSPS) is 17.5. The van der Waals surface area contributed by atoms with Crippen LogP contribution in [0.4, 0.5) is 5.69 Å². The Kier molecular flexibility index (Phi) is 3.62. The summed E-state index contributed by atoms with van der Waals surface area (Å²) >= 11 is 5.42. The molecular formula is C15H14BrNS. The topological polar surface area (TPSA) is 12.0 Å². The van der Waals surface area contributed by atoms with E-state index in [0.717, 1.165) is 11.0 Å². The highest BCUT2D eigenvalue weighted by Crippen LogP contribution is 2.39. The van der Waals surface area contributed by atoms with E-state index in [0.29, 0.717) is 5.92 Å². The Morgan fingerprint density at radius 3 is 2.72 bits per heavy atom. The van der Waals surface area contributed by atoms with Crippen LogP contribution in [0.5, 0.6) is 0 Å². The van der Waals surface area contributed by atoms with Crippen LogP contribution < -0.4 is 5.32 Å². The zero-order valence-electron chi connectivity index (χ0n) is 9.90. The second kappa shape index (κ2) is 5.37. The highest BCUT2D eigenvalue weighted by Gasteiger charge is 2.21. The van der Waals surface area contributed by atoms with Gasteiger partial charge in [-0.05, 0) is 35.9 Å². The first-order chi connectivity index (χ1) is 8.83. The average molecular weight is 320 g/mol. The summed E-state index contributed by atoms with van der Waals surface area (Å²) in [7, 11) is 0. The molecule has 18 heavy (non-hydrogen) atoms. The second-order valence-electron chi connectivity index (χ2n) is 4.43. The van der Waals surface area contributed by atoms with E-state index in [4.69, 9.17) is 0 Å². The fourth-order valence-electron chi connectivity index (χ4n) is 2.21. The minimum Gasteiger partial charge on any atom is -0.384 e. The molecule has 2 aromatic carbocycles. The molecule has 0 amide bonds. The van der Waals surface area contributed by atoms with Gasteiger partial charge in [-0.1, -0.05) is 34.1 Å². The zero-order valence-corrected chi connectivity index (χ0v) is 12.3. The Morgan fingerprint density at radius 2 is 1.89 bits per heavy atom. The molecule has 1 aliphatic rings. The summed E-state index contributed by atoms with van der Waals surface area (Å²) in [6.45, 7) is 1.01. The van der Waals surface area contributed by atoms with E-state index in [1.54, 1.807) is 0 Å². The van der Waals surface area contributed by atoms with Crippen LogP contribution in [0.2, 0.25) is 0 Å². The first-order valence-corrected chi connectivity index (χ1v) is 7.82. The van der Waals surface area contributed by atoms with Crippen molar-refractivity contribution in [2.75, 3.05) is 17.6 Å². The number of benzene rings is 2. The molecule has 0 bridgehead atoms. The summed E-state index contributed by atoms with van der Waals surface area (Å²) in [4.78, 5) is 1.44. The highest BCUT2D eigenvalue weighted by molar-refractivity contribution is 9.10. The molecule has 0 saturated carbocycles. The fraction of sp³-hybridized carbons (Fsp3) is 0.200. The van der Waals surface area contributed by atoms with Gasteiger partial charge in [0.25, 0.3) is 0 Å². The molecule has 1 N–H and O–H groups in total. The van der Waals surface area contributed by atoms with Gasteiger partial charge in [0.15, 0.2) is 0 Å². The molecule has 1 atom stereocenters. The minimum atomic E-state index is 0.620. The summed E-state index contributed by atoms with van der Waals surface area (Å²) in [5.41, 5.74) is 2.68. The summed E-state index contributed by atoms with van der Waals surface area (Å²) in [5.74, 6) is 1.80. The largest absolute Gasteiger partial charge is 0.384 e. The van der Waals surface area contributed by atoms with Gasteiger partial charge in [-0.25, -0.2) is 0 Å². The monoisotopic (exact) mass is 319 g/mol. The van der Waals surface area contributed by atoms with Crippen LogP contribution in [-0.4, -0.2) is 12.3 Å². The minimum absolute atomic E-state index is 0.620. The van der Waals surface area contributed by atoms with Gasteiger partial charge < -0.3 is 5.32 Å². The average Bonchev–Trinajstić information content (AvgIpc) is 2.82. The van der Waals surface area contributed by atoms with E-state index in [2.05, 4.69) is 69.8 Å². The van der Waals surface area contributed by atoms with E-state index in [9.17, 15) is 0 Å². The third kappa shape index (κ3) is 2.57. The predicted molar refractivity (Wildman–Crippen MR) is 82.5 cm³/mol. The van der Waals surface area contributed by atoms with E-state index in [1.807, 2.05) is 11.8 Å². The summed E-state index contributed by atoms with van der Waals surface area (Å²) < 4.78 is 1.12. The van der Waals surface area contributed by atoms with Crippen molar-refractivity contribution in [2.45, 2.75) is 10.8 Å². The lowest BCUT2D eigenvalue weighted by Gasteiger charge is -2.13. The van der Waals surface area contributed by atoms with E-state index in [1.165, 1.54) is 21.9 Å². The van der Waals surface area contributed by atoms with Gasteiger partial charge in [0.05, 0.1) is 0 Å². The Morgan fingerprint density at radius 1 is 1.11 bits per heavy atom. The maximum Gasteiger partial charge on any atom is 0.0341 e. The summed E-state index contributed by atoms with van der Waals surface area (Å²) in [5, 5.41) is 3.52. The van der Waals surface area contributed by atoms with Crippen LogP contribution in [0, 0.1) is 0 Å². The number of halogens is 1. The van der Waals surface area contributed by atoms with Gasteiger partial charge >= 0.3 is 0 Å². The lowest BCUT2D eigenvalue weighted by Crippen LogP contribution is -2.12. The van der Waals surface area contributed by atoms with Crippen LogP contribution in [0.1, 0.15) is 11.5 Å². The molecule has 1 nitrogen and oxygen atoms in total. The summed E-state index contributed by atoms with van der Waals surface area (Å²) in [6, 6.07) is 17.1. The van der Waals surface area contributed by atoms with Crippen molar-refractivity contribution in [3.8, 4) is 0 Å². The smallest absolute Gasteiger partial charge is 0.0341 e. The number of hydrogen-bond donors (Lipinski definition) is 1. The Labute approximate surface area is 120 Å². The fourth-order valence-corrected chi connectivity index (χ4v) is 3.73. The molecule has 92 valence electrons. The standard InChI is InChI=1S/C15H14BrNS/c16-12-5-7-13(8-6-12)17-9-11-10-18-15-4-2-1-3-14(11)15/h1-8,11,17H,9-10H2. The van der Waals surface area contributed by atoms with Crippen molar-refractivity contribution in [3.05, 3.63) is 58.6 Å². The first kappa shape index (κ1) is 12.1. The van der Waals surface area contributed by atoms with E-state index in [-0.39, 0.29) is 0 Å². The van der Waals surface area contributed by atoms with Gasteiger partial charge in [0, 0.05) is 33.3 Å². The Balaban J connectivity index is 1.67. The first-order valence-electron chi connectivity index (χ1n) is 6.04. The molecule has 1 aliphatic heterocycles. The third-order valence-electron chi connectivity index (χ3n) is 3.20. The third-order valence-corrected chi connectivity index (χ3v) is 4.98. The van der Waals surface area contributed by atoms with Crippen LogP contribution in [0.15, 0.2) is 57.9 Å². The Hall–Kier alpha value is -0.930. The van der Waals surface area contributed by atoms with Crippen molar-refractivity contribution in [1.29, 1.82) is 0 Å². The molecule has 1 heterocycles. The number of rotatable bonds is 3. The van der Waals surface area contributed by atoms with Crippen LogP contribution in [0.25, 0.3) is 0 Å². The van der Waals surface area contributed by atoms with Crippen LogP contribution in [0.3, 0.4) is 0 Å². The number of hydrogen-bond acceptors (Lipinski definition) is 2. The number of thioether (sulfide) groups is 1. The molecule has 1 unspecified atom stereocenters. The Bertz CT molecular complexity index is 538. The van der Waals surface area contributed by atoms with Crippen molar-refractivity contribution in [2.24, 2.45) is 0 Å². The van der Waals surface area contributed by atoms with E-state index < -0.39 is 0 Å². The van der Waals surface area contributed by atoms with Crippen molar-refractivity contribution in [3.63, 3.8) is 0 Å². The molecule has 2 aromatic rings. The quantitative estimate of drug-likeness (QED) is 0.876. The van der Waals surface area contributed by atoms with Crippen LogP contribution in [-0.2, 0) is 0 Å². The summed E-state index contributed by atoms with van der Waals surface area (Å²) in [6.07, 6.45) is 0. The van der Waals surface area contributed by atoms with Gasteiger partial charge in [-0.15, -0.1) is 11.8 Å². The van der Waals surface area contributed by atoms with Gasteiger partial charge in [0.2, 0.25) is 0 Å². The highest BCUT2D eigenvalue weighted by atomic mass is 79.9. The molecule has 0 aromatic heterocycles. The lowest BCUT2D eigenvalue weighted by atomic mass is 10.0. The SMILES string of the molecule is Brc1ccc(NCC2CSc3ccccc32)cc1. The molecule has 0 radical (unpaired) electrons. The zero-order chi connectivity index (χ0) is 12.4. The maximum atomic E-state index is 3.52. The number of anilines is 1. The van der Waals surface area contributed by atoms with Gasteiger partial charge in [0.1, 0.15) is 0 Å². The van der Waals surface area contributed by atoms with E-state index >= 15 is 0 Å². The molecular weight excluding hydrogens is 306 g/mol. The van der Waals surface area contributed by atoms with Crippen molar-refractivity contribution in [1.82, 2.24) is 0 Å². The number of nitrogens with one attached hydrogen (secondary N) is 1. The van der Waals surface area contributed by atoms with Gasteiger partial charge in [-0.3, -0.25) is 0 Å². The molecule has 0 aliphatic carbocycles. The molecule has 0 spiro atoms. The van der Waals surface area contributed by atoms with Crippen molar-refractivity contribution < 1.29 is 0 Å². The molecule has 3 heteroatoms. The number of fused-ring (bicyclic) bond motifs is 1. The lowest BCUT2D eigenvalue weighted by molar-refractivity contribution is 0.819. The second-order valence-corrected chi connectivity index (χ2v) is 6.41. The maximum absolute atomic E-state index is 3.52. The predicted octanol–water partition coefficient (Wildman–Crippen LogP) is 4.75. The van der Waals surface area contributed by atoms with Crippen molar-refractivity contribution >= 4 is 33.4 Å². The molecule has 3 rings (SSSR count). The van der Waals surface area contributed by atoms with Crippen LogP contribution >= 0.6 is 27.7 Å². The molecule has 0 saturated heterocycles. The molecule has 0 fully saturated rings.